The van der Waals surface area contributed by atoms with Crippen LogP contribution in [0.3, 0.4) is 0 Å². The Bertz CT molecular complexity index is 1890. The van der Waals surface area contributed by atoms with Crippen LogP contribution < -0.4 is 21.0 Å². The highest BCUT2D eigenvalue weighted by atomic mass is 32.3. The summed E-state index contributed by atoms with van der Waals surface area (Å²) in [6.07, 6.45) is 18.5. The van der Waals surface area contributed by atoms with Crippen molar-refractivity contribution in [2.24, 2.45) is 11.8 Å². The second-order valence-corrected chi connectivity index (χ2v) is 24.1. The van der Waals surface area contributed by atoms with Gasteiger partial charge in [-0.2, -0.15) is 0 Å². The number of carbonyl (C=O) groups excluding carboxylic acids is 4. The smallest absolute Gasteiger partial charge is 0.408 e. The third-order valence-corrected chi connectivity index (χ3v) is 13.6. The Balaban J connectivity index is 0.000000233. The largest absolute Gasteiger partial charge is 0.444 e. The van der Waals surface area contributed by atoms with Gasteiger partial charge in [0.15, 0.2) is 0 Å². The van der Waals surface area contributed by atoms with Crippen LogP contribution >= 0.6 is 10.0 Å². The van der Waals surface area contributed by atoms with Gasteiger partial charge in [-0.1, -0.05) is 44.1 Å². The zero-order chi connectivity index (χ0) is 43.3. The maximum Gasteiger partial charge on any atom is 0.408 e. The van der Waals surface area contributed by atoms with Gasteiger partial charge in [-0.25, -0.2) is 28.0 Å². The summed E-state index contributed by atoms with van der Waals surface area (Å²) < 4.78 is 37.7. The highest BCUT2D eigenvalue weighted by Crippen LogP contribution is 2.44. The number of nitrogens with one attached hydrogen (secondary N) is 4. The van der Waals surface area contributed by atoms with E-state index in [0.29, 0.717) is 39.1 Å². The SMILES string of the molecule is CCCCC/C=C\C1C[C@@H]1C(=O)NS(=O)(=O)C1(C)CC1.CNC(=O)[C@@H]1CCCN1C(=O)CNC(=O)OC(C)(C)C.CS(C)(C)CCOCn1c(=O)[nH]c2ccccc21. The monoisotopic (exact) mass is 852 g/mol. The fourth-order valence-corrected chi connectivity index (χ4v) is 7.98. The van der Waals surface area contributed by atoms with Crippen molar-refractivity contribution < 1.29 is 37.1 Å². The van der Waals surface area contributed by atoms with Crippen molar-refractivity contribution >= 4 is 54.9 Å². The van der Waals surface area contributed by atoms with Crippen molar-refractivity contribution in [3.05, 3.63) is 46.9 Å². The van der Waals surface area contributed by atoms with Crippen LogP contribution in [0.5, 0.6) is 0 Å². The number of allylic oxidation sites excluding steroid dienone is 2. The number of imidazole rings is 1. The number of alkyl carbamates (subject to hydrolysis) is 1. The minimum Gasteiger partial charge on any atom is -0.444 e. The maximum absolute atomic E-state index is 12.0. The summed E-state index contributed by atoms with van der Waals surface area (Å²) in [6.45, 7) is 10.5. The van der Waals surface area contributed by atoms with Crippen molar-refractivity contribution in [3.8, 4) is 0 Å². The standard InChI is InChI=1S/C15H25NO3S.C13H23N3O4.C13H20N2O2S/c1-3-4-5-6-7-8-12-11-13(12)14(17)16-20(18,19)15(2)9-10-15;1-13(2,3)20-12(19)15-8-10(17)16-7-5-6-9(16)11(18)14-4;1-18(2,3)9-8-17-10-15-12-7-5-4-6-11(12)14-13(15)16/h7-8,12-13H,3-6,9-11H2,1-2H3,(H,16,17);9H,5-8H2,1-4H3,(H,14,18)(H,15,19);4-7H,8-10H2,1-3H3,(H,14,16)/b8-7-;;/t12?,13-;9-;/m00./s1. The van der Waals surface area contributed by atoms with Crippen LogP contribution in [0, 0.1) is 11.8 Å². The van der Waals surface area contributed by atoms with E-state index in [1.54, 1.807) is 39.3 Å². The summed E-state index contributed by atoms with van der Waals surface area (Å²) in [6, 6.07) is 7.21. The Morgan fingerprint density at radius 1 is 1.05 bits per heavy atom. The lowest BCUT2D eigenvalue weighted by Crippen LogP contribution is -2.48. The number of para-hydroxylation sites is 2. The zero-order valence-corrected chi connectivity index (χ0v) is 37.6. The summed E-state index contributed by atoms with van der Waals surface area (Å²) in [5.41, 5.74) is 1.03. The molecule has 1 aromatic carbocycles. The van der Waals surface area contributed by atoms with Gasteiger partial charge in [0, 0.05) is 25.3 Å². The Labute approximate surface area is 346 Å². The molecular formula is C41H68N6O9S2. The molecule has 2 heterocycles. The summed E-state index contributed by atoms with van der Waals surface area (Å²) >= 11 is 0. The second kappa shape index (κ2) is 21.4. The third-order valence-electron chi connectivity index (χ3n) is 10.0. The number of nitrogens with zero attached hydrogens (tertiary/aromatic N) is 2. The topological polar surface area (TPSA) is 198 Å². The van der Waals surface area contributed by atoms with Gasteiger partial charge in [-0.05, 0) is 109 Å². The van der Waals surface area contributed by atoms with Crippen LogP contribution in [0.4, 0.5) is 4.79 Å². The molecule has 328 valence electrons. The lowest BCUT2D eigenvalue weighted by Gasteiger charge is -2.24. The van der Waals surface area contributed by atoms with E-state index >= 15 is 0 Å². The van der Waals surface area contributed by atoms with Crippen LogP contribution in [0.1, 0.15) is 92.4 Å². The first-order valence-electron chi connectivity index (χ1n) is 20.2. The highest BCUT2D eigenvalue weighted by Gasteiger charge is 2.52. The molecule has 0 bridgehead atoms. The number of aromatic nitrogens is 2. The number of likely N-dealkylation sites (N-methyl/N-ethyl adjacent to an activating group) is 1. The van der Waals surface area contributed by atoms with Crippen LogP contribution in [-0.2, 0) is 40.6 Å². The lowest BCUT2D eigenvalue weighted by molar-refractivity contribution is -0.137. The Kier molecular flexibility index (Phi) is 17.9. The average molecular weight is 853 g/mol. The molecule has 4 N–H and O–H groups in total. The molecule has 1 unspecified atom stereocenters. The van der Waals surface area contributed by atoms with E-state index in [1.807, 2.05) is 24.3 Å². The predicted molar refractivity (Wildman–Crippen MR) is 231 cm³/mol. The highest BCUT2D eigenvalue weighted by molar-refractivity contribution is 8.32. The fourth-order valence-electron chi connectivity index (χ4n) is 6.06. The molecule has 17 heteroatoms. The number of benzene rings is 1. The summed E-state index contributed by atoms with van der Waals surface area (Å²) in [7, 11) is -2.46. The van der Waals surface area contributed by atoms with Gasteiger partial charge in [-0.15, -0.1) is 0 Å². The number of fused-ring (bicyclic) bond motifs is 1. The van der Waals surface area contributed by atoms with Crippen molar-refractivity contribution in [2.75, 3.05) is 51.3 Å². The van der Waals surface area contributed by atoms with E-state index in [0.717, 1.165) is 36.0 Å². The number of amides is 4. The van der Waals surface area contributed by atoms with Gasteiger partial charge < -0.3 is 30.0 Å². The van der Waals surface area contributed by atoms with Crippen LogP contribution in [0.25, 0.3) is 11.0 Å². The summed E-state index contributed by atoms with van der Waals surface area (Å²) in [4.78, 5) is 63.1. The summed E-state index contributed by atoms with van der Waals surface area (Å²) in [5.74, 6) is 0.384. The Hall–Kier alpha value is -3.83. The Morgan fingerprint density at radius 2 is 1.74 bits per heavy atom. The molecule has 0 spiro atoms. The van der Waals surface area contributed by atoms with Gasteiger partial charge >= 0.3 is 11.8 Å². The number of unbranched alkanes of at least 4 members (excludes halogenated alkanes) is 3. The fraction of sp³-hybridized carbons (Fsp3) is 0.683. The molecule has 2 aromatic rings. The molecule has 1 aliphatic heterocycles. The molecule has 1 aromatic heterocycles. The van der Waals surface area contributed by atoms with Crippen molar-refractivity contribution in [3.63, 3.8) is 0 Å². The number of rotatable bonds is 16. The molecule has 4 amide bonds. The number of H-pyrrole nitrogens is 1. The Morgan fingerprint density at radius 3 is 2.36 bits per heavy atom. The number of aromatic amines is 1. The zero-order valence-electron chi connectivity index (χ0n) is 36.0. The van der Waals surface area contributed by atoms with Crippen LogP contribution in [0.15, 0.2) is 41.2 Å². The van der Waals surface area contributed by atoms with E-state index < -0.39 is 42.5 Å². The van der Waals surface area contributed by atoms with Gasteiger partial charge in [0.1, 0.15) is 24.9 Å². The average Bonchev–Trinajstić information content (AvgIpc) is 4.01. The number of hydrogen-bond acceptors (Lipinski definition) is 9. The van der Waals surface area contributed by atoms with E-state index in [4.69, 9.17) is 9.47 Å². The number of hydrogen-bond donors (Lipinski definition) is 4. The van der Waals surface area contributed by atoms with Crippen molar-refractivity contribution in [2.45, 2.75) is 116 Å². The minimum atomic E-state index is -3.47. The predicted octanol–water partition coefficient (Wildman–Crippen LogP) is 5.00. The van der Waals surface area contributed by atoms with Gasteiger partial charge in [0.05, 0.1) is 22.4 Å². The van der Waals surface area contributed by atoms with Gasteiger partial charge in [-0.3, -0.25) is 23.7 Å². The summed E-state index contributed by atoms with van der Waals surface area (Å²) in [5, 5.41) is 4.95. The molecule has 3 atom stereocenters. The number of carbonyl (C=O) groups is 4. The van der Waals surface area contributed by atoms with Gasteiger partial charge in [0.2, 0.25) is 27.7 Å². The number of ether oxygens (including phenoxy) is 2. The van der Waals surface area contributed by atoms with E-state index in [2.05, 4.69) is 58.2 Å². The van der Waals surface area contributed by atoms with Crippen LogP contribution in [-0.4, -0.2) is 114 Å². The molecule has 2 saturated carbocycles. The van der Waals surface area contributed by atoms with Crippen molar-refractivity contribution in [1.82, 2.24) is 29.8 Å². The molecule has 3 aliphatic rings. The molecule has 5 rings (SSSR count). The van der Waals surface area contributed by atoms with Gasteiger partial charge in [0.25, 0.3) is 0 Å². The molecule has 1 saturated heterocycles. The minimum absolute atomic E-state index is 0.112. The normalized spacial score (nSPS) is 19.9. The number of likely N-dealkylation sites (tertiary alicyclic amines) is 1. The molecular weight excluding hydrogens is 785 g/mol. The maximum atomic E-state index is 12.0. The van der Waals surface area contributed by atoms with E-state index in [1.165, 1.54) is 24.2 Å². The molecule has 3 fully saturated rings. The third kappa shape index (κ3) is 15.7. The first-order chi connectivity index (χ1) is 27.1. The van der Waals surface area contributed by atoms with E-state index in [-0.39, 0.29) is 41.8 Å². The van der Waals surface area contributed by atoms with Crippen LogP contribution in [0.2, 0.25) is 0 Å². The molecule has 0 radical (unpaired) electrons. The first kappa shape index (κ1) is 48.5. The van der Waals surface area contributed by atoms with Crippen molar-refractivity contribution in [1.29, 1.82) is 0 Å². The number of sulfonamides is 1. The van der Waals surface area contributed by atoms with E-state index in [9.17, 15) is 32.4 Å². The second-order valence-electron chi connectivity index (χ2n) is 17.3. The lowest BCUT2D eigenvalue weighted by atomic mass is 10.2. The molecule has 2 aliphatic carbocycles. The first-order valence-corrected chi connectivity index (χ1v) is 24.7. The molecule has 15 nitrogen and oxygen atoms in total. The quantitative estimate of drug-likeness (QED) is 0.133. The molecule has 58 heavy (non-hydrogen) atoms.